The van der Waals surface area contributed by atoms with E-state index in [0.29, 0.717) is 6.61 Å². The Labute approximate surface area is 74.6 Å². The first-order valence-corrected chi connectivity index (χ1v) is 4.55. The fourth-order valence-electron chi connectivity index (χ4n) is 0.864. The van der Waals surface area contributed by atoms with Crippen LogP contribution in [0.3, 0.4) is 0 Å². The highest BCUT2D eigenvalue weighted by molar-refractivity contribution is 5.65. The summed E-state index contributed by atoms with van der Waals surface area (Å²) in [4.78, 5) is 10.3. The van der Waals surface area contributed by atoms with Gasteiger partial charge in [0.25, 0.3) is 0 Å². The number of rotatable bonds is 6. The number of unbranched alkanes of at least 4 members (excludes halogenated alkanes) is 3. The van der Waals surface area contributed by atoms with E-state index in [-0.39, 0.29) is 5.97 Å². The van der Waals surface area contributed by atoms with Gasteiger partial charge < -0.3 is 4.74 Å². The standard InChI is InChI=1S/C10H18O2/c1-3-4-5-6-7-8-9-12-10(2)11/h7-8H,3-6,9H2,1-2H3. The first-order chi connectivity index (χ1) is 5.77. The summed E-state index contributed by atoms with van der Waals surface area (Å²) in [7, 11) is 0. The summed E-state index contributed by atoms with van der Waals surface area (Å²) in [5.41, 5.74) is 0. The average Bonchev–Trinajstić information content (AvgIpc) is 2.02. The van der Waals surface area contributed by atoms with Gasteiger partial charge in [-0.25, -0.2) is 0 Å². The van der Waals surface area contributed by atoms with E-state index in [0.717, 1.165) is 6.42 Å². The maximum atomic E-state index is 10.3. The lowest BCUT2D eigenvalue weighted by Gasteiger charge is -1.94. The van der Waals surface area contributed by atoms with Crippen LogP contribution in [0, 0.1) is 0 Å². The summed E-state index contributed by atoms with van der Waals surface area (Å²) in [5, 5.41) is 0. The van der Waals surface area contributed by atoms with Crippen molar-refractivity contribution in [3.05, 3.63) is 12.2 Å². The molecule has 0 aliphatic rings. The van der Waals surface area contributed by atoms with E-state index in [1.165, 1.54) is 26.2 Å². The molecule has 0 aromatic carbocycles. The number of esters is 1. The van der Waals surface area contributed by atoms with Crippen molar-refractivity contribution >= 4 is 5.97 Å². The number of ether oxygens (including phenoxy) is 1. The van der Waals surface area contributed by atoms with Crippen LogP contribution >= 0.6 is 0 Å². The molecule has 0 aromatic rings. The number of hydrogen-bond donors (Lipinski definition) is 0. The van der Waals surface area contributed by atoms with E-state index in [2.05, 4.69) is 13.0 Å². The predicted molar refractivity (Wildman–Crippen MR) is 49.9 cm³/mol. The Balaban J connectivity index is 3.09. The summed E-state index contributed by atoms with van der Waals surface area (Å²) in [6.45, 7) is 4.02. The van der Waals surface area contributed by atoms with Crippen molar-refractivity contribution in [2.24, 2.45) is 0 Å². The minimum Gasteiger partial charge on any atom is -0.462 e. The Kier molecular flexibility index (Phi) is 7.76. The van der Waals surface area contributed by atoms with Crippen LogP contribution in [0.1, 0.15) is 39.5 Å². The fourth-order valence-corrected chi connectivity index (χ4v) is 0.864. The van der Waals surface area contributed by atoms with Crippen molar-refractivity contribution in [2.75, 3.05) is 6.61 Å². The average molecular weight is 170 g/mol. The van der Waals surface area contributed by atoms with E-state index >= 15 is 0 Å². The molecular weight excluding hydrogens is 152 g/mol. The molecule has 0 aliphatic carbocycles. The van der Waals surface area contributed by atoms with Crippen molar-refractivity contribution in [1.82, 2.24) is 0 Å². The number of allylic oxidation sites excluding steroid dienone is 1. The quantitative estimate of drug-likeness (QED) is 0.348. The third-order valence-corrected chi connectivity index (χ3v) is 1.52. The maximum absolute atomic E-state index is 10.3. The number of carbonyl (C=O) groups excluding carboxylic acids is 1. The van der Waals surface area contributed by atoms with Crippen molar-refractivity contribution in [3.63, 3.8) is 0 Å². The van der Waals surface area contributed by atoms with Crippen LogP contribution in [-0.2, 0) is 9.53 Å². The molecule has 0 amide bonds. The first kappa shape index (κ1) is 11.2. The van der Waals surface area contributed by atoms with E-state index in [1.807, 2.05) is 6.08 Å². The van der Waals surface area contributed by atoms with Gasteiger partial charge in [-0.2, -0.15) is 0 Å². The Hall–Kier alpha value is -0.790. The van der Waals surface area contributed by atoms with Crippen LogP contribution in [-0.4, -0.2) is 12.6 Å². The molecule has 2 nitrogen and oxygen atoms in total. The molecule has 0 radical (unpaired) electrons. The van der Waals surface area contributed by atoms with Crippen molar-refractivity contribution in [3.8, 4) is 0 Å². The van der Waals surface area contributed by atoms with Crippen LogP contribution in [0.5, 0.6) is 0 Å². The first-order valence-electron chi connectivity index (χ1n) is 4.55. The van der Waals surface area contributed by atoms with E-state index < -0.39 is 0 Å². The molecule has 0 atom stereocenters. The molecule has 0 N–H and O–H groups in total. The fraction of sp³-hybridized carbons (Fsp3) is 0.700. The summed E-state index contributed by atoms with van der Waals surface area (Å²) in [6.07, 6.45) is 8.81. The van der Waals surface area contributed by atoms with Gasteiger partial charge in [-0.15, -0.1) is 0 Å². The third-order valence-electron chi connectivity index (χ3n) is 1.52. The predicted octanol–water partition coefficient (Wildman–Crippen LogP) is 2.69. The molecule has 0 fully saturated rings. The largest absolute Gasteiger partial charge is 0.462 e. The normalized spacial score (nSPS) is 10.5. The van der Waals surface area contributed by atoms with Crippen molar-refractivity contribution in [1.29, 1.82) is 0 Å². The van der Waals surface area contributed by atoms with Crippen molar-refractivity contribution in [2.45, 2.75) is 39.5 Å². The monoisotopic (exact) mass is 170 g/mol. The summed E-state index contributed by atoms with van der Waals surface area (Å²) >= 11 is 0. The zero-order valence-electron chi connectivity index (χ0n) is 8.01. The smallest absolute Gasteiger partial charge is 0.302 e. The lowest BCUT2D eigenvalue weighted by Crippen LogP contribution is -1.97. The molecule has 0 bridgehead atoms. The van der Waals surface area contributed by atoms with Gasteiger partial charge in [-0.3, -0.25) is 4.79 Å². The highest BCUT2D eigenvalue weighted by atomic mass is 16.5. The van der Waals surface area contributed by atoms with E-state index in [1.54, 1.807) is 0 Å². The lowest BCUT2D eigenvalue weighted by atomic mass is 10.2. The molecule has 0 rings (SSSR count). The molecular formula is C10H18O2. The van der Waals surface area contributed by atoms with Gasteiger partial charge >= 0.3 is 5.97 Å². The Morgan fingerprint density at radius 2 is 2.08 bits per heavy atom. The van der Waals surface area contributed by atoms with Crippen LogP contribution in [0.15, 0.2) is 12.2 Å². The van der Waals surface area contributed by atoms with Gasteiger partial charge in [0.05, 0.1) is 0 Å². The molecule has 0 saturated heterocycles. The number of carbonyl (C=O) groups is 1. The van der Waals surface area contributed by atoms with Gasteiger partial charge in [0, 0.05) is 6.92 Å². The zero-order chi connectivity index (χ0) is 9.23. The van der Waals surface area contributed by atoms with Gasteiger partial charge in [0.1, 0.15) is 6.61 Å². The molecule has 0 aromatic heterocycles. The molecule has 0 unspecified atom stereocenters. The Morgan fingerprint density at radius 3 is 2.67 bits per heavy atom. The highest BCUT2D eigenvalue weighted by Crippen LogP contribution is 1.99. The second kappa shape index (κ2) is 8.31. The molecule has 0 aliphatic heterocycles. The topological polar surface area (TPSA) is 26.3 Å². The molecule has 0 saturated carbocycles. The Morgan fingerprint density at radius 1 is 1.33 bits per heavy atom. The van der Waals surface area contributed by atoms with Crippen LogP contribution < -0.4 is 0 Å². The summed E-state index contributed by atoms with van der Waals surface area (Å²) < 4.78 is 4.72. The van der Waals surface area contributed by atoms with E-state index in [9.17, 15) is 4.79 Å². The minimum atomic E-state index is -0.215. The SMILES string of the molecule is CCCCCC=CCOC(C)=O. The maximum Gasteiger partial charge on any atom is 0.302 e. The number of hydrogen-bond acceptors (Lipinski definition) is 2. The Bertz CT molecular complexity index is 139. The molecule has 12 heavy (non-hydrogen) atoms. The van der Waals surface area contributed by atoms with Crippen LogP contribution in [0.25, 0.3) is 0 Å². The van der Waals surface area contributed by atoms with Crippen molar-refractivity contribution < 1.29 is 9.53 Å². The summed E-state index contributed by atoms with van der Waals surface area (Å²) in [6, 6.07) is 0. The molecule has 70 valence electrons. The molecule has 0 heterocycles. The van der Waals surface area contributed by atoms with Gasteiger partial charge in [-0.1, -0.05) is 31.9 Å². The van der Waals surface area contributed by atoms with Gasteiger partial charge in [-0.05, 0) is 12.8 Å². The van der Waals surface area contributed by atoms with Crippen LogP contribution in [0.2, 0.25) is 0 Å². The van der Waals surface area contributed by atoms with Gasteiger partial charge in [0.2, 0.25) is 0 Å². The van der Waals surface area contributed by atoms with E-state index in [4.69, 9.17) is 4.74 Å². The minimum absolute atomic E-state index is 0.215. The summed E-state index contributed by atoms with van der Waals surface area (Å²) in [5.74, 6) is -0.215. The highest BCUT2D eigenvalue weighted by Gasteiger charge is 1.86. The second-order valence-corrected chi connectivity index (χ2v) is 2.77. The van der Waals surface area contributed by atoms with Crippen LogP contribution in [0.4, 0.5) is 0 Å². The lowest BCUT2D eigenvalue weighted by molar-refractivity contribution is -0.139. The molecule has 2 heteroatoms. The second-order valence-electron chi connectivity index (χ2n) is 2.77. The third kappa shape index (κ3) is 9.21. The zero-order valence-corrected chi connectivity index (χ0v) is 8.01. The van der Waals surface area contributed by atoms with Gasteiger partial charge in [0.15, 0.2) is 0 Å². The molecule has 0 spiro atoms.